The Bertz CT molecular complexity index is 318. The second-order valence-electron chi connectivity index (χ2n) is 2.73. The van der Waals surface area contributed by atoms with Gasteiger partial charge in [-0.05, 0) is 24.3 Å². The molecule has 1 rings (SSSR count). The number of nitrogens with zero attached hydrogens (tertiary/aromatic N) is 1. The van der Waals surface area contributed by atoms with Crippen LogP contribution in [0.5, 0.6) is 11.5 Å². The minimum Gasteiger partial charge on any atom is -0.497 e. The van der Waals surface area contributed by atoms with E-state index in [1.54, 1.807) is 18.9 Å². The first-order chi connectivity index (χ1) is 7.36. The number of rotatable bonds is 6. The molecule has 0 saturated heterocycles. The lowest BCUT2D eigenvalue weighted by molar-refractivity contribution is 0.342. The molecule has 0 spiro atoms. The van der Waals surface area contributed by atoms with Crippen LogP contribution in [0.15, 0.2) is 24.3 Å². The molecule has 0 radical (unpaired) electrons. The van der Waals surface area contributed by atoms with Gasteiger partial charge in [0.15, 0.2) is 0 Å². The average Bonchev–Trinajstić information content (AvgIpc) is 2.30. The third-order valence-corrected chi connectivity index (χ3v) is 2.51. The van der Waals surface area contributed by atoms with Crippen molar-refractivity contribution in [3.05, 3.63) is 24.3 Å². The number of methoxy groups -OCH3 is 1. The number of hydrogen-bond acceptors (Lipinski definition) is 4. The molecule has 0 aliphatic heterocycles. The van der Waals surface area contributed by atoms with Crippen LogP contribution in [0.4, 0.5) is 0 Å². The summed E-state index contributed by atoms with van der Waals surface area (Å²) < 4.78 is 10.5. The van der Waals surface area contributed by atoms with Crippen molar-refractivity contribution in [1.82, 2.24) is 0 Å². The Kier molecular flexibility index (Phi) is 5.49. The van der Waals surface area contributed by atoms with Crippen LogP contribution in [0, 0.1) is 11.3 Å². The maximum atomic E-state index is 8.31. The van der Waals surface area contributed by atoms with Crippen LogP contribution in [0.2, 0.25) is 0 Å². The summed E-state index contributed by atoms with van der Waals surface area (Å²) in [5, 5.41) is 8.31. The van der Waals surface area contributed by atoms with Gasteiger partial charge in [-0.2, -0.15) is 5.26 Å². The lowest BCUT2D eigenvalue weighted by Gasteiger charge is -2.05. The van der Waals surface area contributed by atoms with Crippen LogP contribution in [0.25, 0.3) is 0 Å². The second kappa shape index (κ2) is 7.02. The summed E-state index contributed by atoms with van der Waals surface area (Å²) in [6.45, 7) is 0.624. The summed E-state index contributed by atoms with van der Waals surface area (Å²) in [6, 6.07) is 9.53. The summed E-state index contributed by atoms with van der Waals surface area (Å²) >= 11 is 1.57. The molecule has 0 fully saturated rings. The highest BCUT2D eigenvalue weighted by Crippen LogP contribution is 2.17. The van der Waals surface area contributed by atoms with E-state index in [2.05, 4.69) is 6.07 Å². The normalized spacial score (nSPS) is 9.33. The van der Waals surface area contributed by atoms with Crippen LogP contribution in [-0.4, -0.2) is 25.2 Å². The van der Waals surface area contributed by atoms with Gasteiger partial charge < -0.3 is 9.47 Å². The van der Waals surface area contributed by atoms with Crippen molar-refractivity contribution in [2.45, 2.75) is 0 Å². The molecule has 3 nitrogen and oxygen atoms in total. The van der Waals surface area contributed by atoms with E-state index in [4.69, 9.17) is 14.7 Å². The number of hydrogen-bond donors (Lipinski definition) is 0. The molecule has 0 aliphatic rings. The van der Waals surface area contributed by atoms with Crippen LogP contribution in [0.1, 0.15) is 0 Å². The van der Waals surface area contributed by atoms with E-state index in [0.717, 1.165) is 17.3 Å². The van der Waals surface area contributed by atoms with Gasteiger partial charge in [0.2, 0.25) is 0 Å². The molecule has 0 amide bonds. The van der Waals surface area contributed by atoms with E-state index in [9.17, 15) is 0 Å². The van der Waals surface area contributed by atoms with Crippen LogP contribution in [-0.2, 0) is 0 Å². The average molecular weight is 223 g/mol. The smallest absolute Gasteiger partial charge is 0.119 e. The molecular formula is C11H13NO2S. The van der Waals surface area contributed by atoms with Crippen molar-refractivity contribution in [2.24, 2.45) is 0 Å². The molecule has 0 aromatic heterocycles. The lowest BCUT2D eigenvalue weighted by atomic mass is 10.3. The van der Waals surface area contributed by atoms with Crippen molar-refractivity contribution >= 4 is 11.8 Å². The monoisotopic (exact) mass is 223 g/mol. The molecule has 1 aromatic rings. The second-order valence-corrected chi connectivity index (χ2v) is 3.84. The summed E-state index contributed by atoms with van der Waals surface area (Å²) in [5.41, 5.74) is 0. The van der Waals surface area contributed by atoms with Crippen LogP contribution < -0.4 is 9.47 Å². The van der Waals surface area contributed by atoms with Gasteiger partial charge >= 0.3 is 0 Å². The quantitative estimate of drug-likeness (QED) is 0.694. The summed E-state index contributed by atoms with van der Waals surface area (Å²) in [4.78, 5) is 0. The predicted molar refractivity (Wildman–Crippen MR) is 61.4 cm³/mol. The first-order valence-corrected chi connectivity index (χ1v) is 5.74. The Morgan fingerprint density at radius 3 is 2.53 bits per heavy atom. The molecule has 0 atom stereocenters. The Balaban J connectivity index is 2.23. The van der Waals surface area contributed by atoms with Crippen molar-refractivity contribution in [2.75, 3.05) is 25.2 Å². The molecular weight excluding hydrogens is 210 g/mol. The van der Waals surface area contributed by atoms with Gasteiger partial charge in [-0.25, -0.2) is 0 Å². The maximum absolute atomic E-state index is 8.31. The summed E-state index contributed by atoms with van der Waals surface area (Å²) in [5.74, 6) is 3.00. The minimum atomic E-state index is 0.520. The maximum Gasteiger partial charge on any atom is 0.119 e. The van der Waals surface area contributed by atoms with E-state index < -0.39 is 0 Å². The van der Waals surface area contributed by atoms with E-state index in [1.807, 2.05) is 24.3 Å². The Morgan fingerprint density at radius 1 is 1.27 bits per heavy atom. The van der Waals surface area contributed by atoms with Crippen molar-refractivity contribution in [3.8, 4) is 17.6 Å². The van der Waals surface area contributed by atoms with Gasteiger partial charge in [-0.3, -0.25) is 0 Å². The number of benzene rings is 1. The molecule has 80 valence electrons. The lowest BCUT2D eigenvalue weighted by Crippen LogP contribution is -2.00. The van der Waals surface area contributed by atoms with E-state index >= 15 is 0 Å². The Labute approximate surface area is 94.0 Å². The van der Waals surface area contributed by atoms with Crippen LogP contribution in [0.3, 0.4) is 0 Å². The highest BCUT2D eigenvalue weighted by molar-refractivity contribution is 7.99. The number of thioether (sulfide) groups is 1. The van der Waals surface area contributed by atoms with E-state index in [1.165, 1.54) is 0 Å². The van der Waals surface area contributed by atoms with Crippen molar-refractivity contribution in [3.63, 3.8) is 0 Å². The van der Waals surface area contributed by atoms with Crippen molar-refractivity contribution in [1.29, 1.82) is 5.26 Å². The number of nitriles is 1. The van der Waals surface area contributed by atoms with Gasteiger partial charge in [0.05, 0.1) is 25.5 Å². The SMILES string of the molecule is COc1ccc(OCCSCC#N)cc1. The predicted octanol–water partition coefficient (Wildman–Crippen LogP) is 2.33. The molecule has 0 bridgehead atoms. The van der Waals surface area contributed by atoms with Crippen molar-refractivity contribution < 1.29 is 9.47 Å². The standard InChI is InChI=1S/C11H13NO2S/c1-13-10-2-4-11(5-3-10)14-7-9-15-8-6-12/h2-5H,7-9H2,1H3. The molecule has 4 heteroatoms. The molecule has 15 heavy (non-hydrogen) atoms. The molecule has 0 aliphatic carbocycles. The molecule has 0 unspecified atom stereocenters. The third-order valence-electron chi connectivity index (χ3n) is 1.72. The number of ether oxygens (including phenoxy) is 2. The van der Waals surface area contributed by atoms with Crippen LogP contribution >= 0.6 is 11.8 Å². The molecule has 1 aromatic carbocycles. The summed E-state index contributed by atoms with van der Waals surface area (Å²) in [6.07, 6.45) is 0. The molecule has 0 saturated carbocycles. The fraction of sp³-hybridized carbons (Fsp3) is 0.364. The van der Waals surface area contributed by atoms with Gasteiger partial charge in [-0.15, -0.1) is 11.8 Å². The highest BCUT2D eigenvalue weighted by Gasteiger charge is 1.94. The fourth-order valence-corrected chi connectivity index (χ4v) is 1.45. The largest absolute Gasteiger partial charge is 0.497 e. The topological polar surface area (TPSA) is 42.2 Å². The molecule has 0 heterocycles. The highest BCUT2D eigenvalue weighted by atomic mass is 32.2. The third kappa shape index (κ3) is 4.61. The Morgan fingerprint density at radius 2 is 1.93 bits per heavy atom. The zero-order valence-corrected chi connectivity index (χ0v) is 9.42. The first-order valence-electron chi connectivity index (χ1n) is 4.58. The van der Waals surface area contributed by atoms with Gasteiger partial charge in [0.25, 0.3) is 0 Å². The Hall–Kier alpha value is -1.34. The minimum absolute atomic E-state index is 0.520. The van der Waals surface area contributed by atoms with E-state index in [0.29, 0.717) is 12.4 Å². The van der Waals surface area contributed by atoms with Gasteiger partial charge in [0, 0.05) is 5.75 Å². The zero-order chi connectivity index (χ0) is 10.9. The first kappa shape index (κ1) is 11.7. The van der Waals surface area contributed by atoms with Gasteiger partial charge in [0.1, 0.15) is 11.5 Å². The fourth-order valence-electron chi connectivity index (χ4n) is 1.01. The zero-order valence-electron chi connectivity index (χ0n) is 8.60. The van der Waals surface area contributed by atoms with E-state index in [-0.39, 0.29) is 0 Å². The molecule has 0 N–H and O–H groups in total. The van der Waals surface area contributed by atoms with Gasteiger partial charge in [-0.1, -0.05) is 0 Å². The summed E-state index contributed by atoms with van der Waals surface area (Å²) in [7, 11) is 1.63.